The molecule has 31 heavy (non-hydrogen) atoms. The maximum absolute atomic E-state index is 14.7. The van der Waals surface area contributed by atoms with Gasteiger partial charge in [0.2, 0.25) is 0 Å². The number of pyridine rings is 1. The van der Waals surface area contributed by atoms with Gasteiger partial charge in [-0.05, 0) is 37.6 Å². The molecule has 0 unspecified atom stereocenters. The molecule has 2 aromatic heterocycles. The van der Waals surface area contributed by atoms with Crippen LogP contribution in [0.3, 0.4) is 0 Å². The fourth-order valence-corrected chi connectivity index (χ4v) is 5.10. The fraction of sp³-hybridized carbons (Fsp3) is 0.381. The molecular weight excluding hydrogens is 492 g/mol. The first-order valence-corrected chi connectivity index (χ1v) is 11.2. The van der Waals surface area contributed by atoms with Crippen molar-refractivity contribution in [2.75, 3.05) is 25.0 Å². The van der Waals surface area contributed by atoms with Crippen LogP contribution in [0, 0.1) is 5.82 Å². The average Bonchev–Trinajstić information content (AvgIpc) is 3.26. The lowest BCUT2D eigenvalue weighted by molar-refractivity contribution is 0.107. The molecule has 0 radical (unpaired) electrons. The first kappa shape index (κ1) is 20.8. The van der Waals surface area contributed by atoms with Crippen LogP contribution >= 0.6 is 27.5 Å². The Morgan fingerprint density at radius 1 is 1.35 bits per heavy atom. The number of alkyl halides is 1. The summed E-state index contributed by atoms with van der Waals surface area (Å²) in [4.78, 5) is 14.7. The van der Waals surface area contributed by atoms with Gasteiger partial charge in [-0.3, -0.25) is 4.90 Å². The largest absolute Gasteiger partial charge is 0.461 e. The minimum absolute atomic E-state index is 0.0121. The van der Waals surface area contributed by atoms with Crippen LogP contribution in [0.25, 0.3) is 10.9 Å². The number of rotatable bonds is 5. The summed E-state index contributed by atoms with van der Waals surface area (Å²) < 4.78 is 35.4. The Morgan fingerprint density at radius 2 is 2.23 bits per heavy atom. The van der Waals surface area contributed by atoms with E-state index >= 15 is 0 Å². The second-order valence-electron chi connectivity index (χ2n) is 7.98. The molecule has 0 spiro atoms. The molecule has 4 heterocycles. The van der Waals surface area contributed by atoms with Gasteiger partial charge >= 0.3 is 6.01 Å². The third-order valence-corrected chi connectivity index (χ3v) is 6.68. The lowest BCUT2D eigenvalue weighted by Gasteiger charge is -2.30. The van der Waals surface area contributed by atoms with Gasteiger partial charge in [-0.1, -0.05) is 33.6 Å². The van der Waals surface area contributed by atoms with Gasteiger partial charge < -0.3 is 10.1 Å². The molecule has 10 heteroatoms. The second kappa shape index (κ2) is 8.11. The Bertz CT molecular complexity index is 1150. The minimum atomic E-state index is -0.851. The van der Waals surface area contributed by atoms with E-state index in [0.717, 1.165) is 29.5 Å². The highest BCUT2D eigenvalue weighted by Crippen LogP contribution is 2.40. The molecular formula is C21H19BrClF2N5O. The zero-order valence-corrected chi connectivity index (χ0v) is 18.8. The number of ether oxygens (including phenoxy) is 1. The predicted octanol–water partition coefficient (Wildman–Crippen LogP) is 5.28. The summed E-state index contributed by atoms with van der Waals surface area (Å²) in [6.07, 6.45) is 2.92. The number of hydrogen-bond donors (Lipinski definition) is 1. The van der Waals surface area contributed by atoms with E-state index < -0.39 is 12.0 Å². The maximum Gasteiger partial charge on any atom is 0.317 e. The van der Waals surface area contributed by atoms with E-state index in [-0.39, 0.29) is 28.8 Å². The molecule has 2 aliphatic rings. The SMILES string of the molecule is Fc1c(Cl)nc(Nc2cccc(Br)c2)c2cnc(OC[C@@]34CCCN3C[C@H](F)C4)nc12. The molecule has 5 rings (SSSR count). The molecule has 6 nitrogen and oxygen atoms in total. The first-order chi connectivity index (χ1) is 14.9. The molecule has 3 aromatic rings. The summed E-state index contributed by atoms with van der Waals surface area (Å²) >= 11 is 9.44. The molecule has 1 N–H and O–H groups in total. The summed E-state index contributed by atoms with van der Waals surface area (Å²) in [5, 5.41) is 3.20. The summed E-state index contributed by atoms with van der Waals surface area (Å²) in [7, 11) is 0. The van der Waals surface area contributed by atoms with Gasteiger partial charge in [-0.15, -0.1) is 0 Å². The highest BCUT2D eigenvalue weighted by atomic mass is 79.9. The minimum Gasteiger partial charge on any atom is -0.461 e. The Balaban J connectivity index is 1.43. The van der Waals surface area contributed by atoms with Crippen LogP contribution in [0.15, 0.2) is 34.9 Å². The maximum atomic E-state index is 14.7. The van der Waals surface area contributed by atoms with E-state index in [1.54, 1.807) is 0 Å². The molecule has 0 amide bonds. The molecule has 1 aromatic carbocycles. The van der Waals surface area contributed by atoms with Crippen molar-refractivity contribution in [1.82, 2.24) is 19.9 Å². The summed E-state index contributed by atoms with van der Waals surface area (Å²) in [5.41, 5.74) is 0.422. The Kier molecular flexibility index (Phi) is 5.44. The van der Waals surface area contributed by atoms with Crippen molar-refractivity contribution in [2.45, 2.75) is 31.0 Å². The van der Waals surface area contributed by atoms with E-state index in [9.17, 15) is 8.78 Å². The number of hydrogen-bond acceptors (Lipinski definition) is 6. The Hall–Kier alpha value is -2.10. The van der Waals surface area contributed by atoms with Crippen LogP contribution in [0.5, 0.6) is 6.01 Å². The average molecular weight is 511 g/mol. The van der Waals surface area contributed by atoms with Gasteiger partial charge in [0.1, 0.15) is 24.1 Å². The highest BCUT2D eigenvalue weighted by molar-refractivity contribution is 9.10. The number of halogens is 4. The van der Waals surface area contributed by atoms with Crippen molar-refractivity contribution in [1.29, 1.82) is 0 Å². The van der Waals surface area contributed by atoms with Crippen molar-refractivity contribution >= 4 is 49.9 Å². The van der Waals surface area contributed by atoms with Crippen molar-refractivity contribution in [3.05, 3.63) is 45.9 Å². The number of anilines is 2. The van der Waals surface area contributed by atoms with Gasteiger partial charge in [-0.2, -0.15) is 4.98 Å². The quantitative estimate of drug-likeness (QED) is 0.471. The van der Waals surface area contributed by atoms with E-state index in [2.05, 4.69) is 41.1 Å². The topological polar surface area (TPSA) is 63.2 Å². The van der Waals surface area contributed by atoms with Crippen molar-refractivity contribution in [3.8, 4) is 6.01 Å². The van der Waals surface area contributed by atoms with Gasteiger partial charge in [-0.25, -0.2) is 18.7 Å². The molecule has 2 atom stereocenters. The Labute approximate surface area is 191 Å². The van der Waals surface area contributed by atoms with Crippen molar-refractivity contribution in [3.63, 3.8) is 0 Å². The summed E-state index contributed by atoms with van der Waals surface area (Å²) in [6.45, 7) is 1.56. The molecule has 0 aliphatic carbocycles. The molecule has 2 saturated heterocycles. The van der Waals surface area contributed by atoms with Gasteiger partial charge in [0.25, 0.3) is 0 Å². The molecule has 2 fully saturated rings. The van der Waals surface area contributed by atoms with Gasteiger partial charge in [0.15, 0.2) is 11.0 Å². The summed E-state index contributed by atoms with van der Waals surface area (Å²) in [5.74, 6) is -0.406. The Morgan fingerprint density at radius 3 is 3.06 bits per heavy atom. The predicted molar refractivity (Wildman–Crippen MR) is 118 cm³/mol. The smallest absolute Gasteiger partial charge is 0.317 e. The number of nitrogens with zero attached hydrogens (tertiary/aromatic N) is 4. The zero-order valence-electron chi connectivity index (χ0n) is 16.4. The van der Waals surface area contributed by atoms with Crippen molar-refractivity contribution < 1.29 is 13.5 Å². The van der Waals surface area contributed by atoms with E-state index in [0.29, 0.717) is 24.2 Å². The van der Waals surface area contributed by atoms with E-state index in [1.807, 2.05) is 24.3 Å². The van der Waals surface area contributed by atoms with E-state index in [4.69, 9.17) is 16.3 Å². The molecule has 162 valence electrons. The van der Waals surface area contributed by atoms with Crippen LogP contribution in [0.4, 0.5) is 20.3 Å². The third kappa shape index (κ3) is 3.94. The van der Waals surface area contributed by atoms with Crippen LogP contribution in [0.2, 0.25) is 5.15 Å². The van der Waals surface area contributed by atoms with Crippen molar-refractivity contribution in [2.24, 2.45) is 0 Å². The third-order valence-electron chi connectivity index (χ3n) is 5.94. The normalized spacial score (nSPS) is 23.3. The number of fused-ring (bicyclic) bond motifs is 2. The van der Waals surface area contributed by atoms with Crippen LogP contribution in [0.1, 0.15) is 19.3 Å². The second-order valence-corrected chi connectivity index (χ2v) is 9.25. The van der Waals surface area contributed by atoms with Crippen LogP contribution < -0.4 is 10.1 Å². The molecule has 0 bridgehead atoms. The van der Waals surface area contributed by atoms with Crippen LogP contribution in [-0.4, -0.2) is 51.3 Å². The number of nitrogens with one attached hydrogen (secondary N) is 1. The standard InChI is InChI=1S/C21H19BrClF2N5O/c22-12-3-1-4-14(7-12)27-19-15-9-26-20(28-17(15)16(25)18(23)29-19)31-11-21-5-2-6-30(21)10-13(24)8-21/h1,3-4,7,9,13H,2,5-6,8,10-11H2,(H,27,29)/t13-,21+/m1/s1. The lowest BCUT2D eigenvalue weighted by Crippen LogP contribution is -2.43. The fourth-order valence-electron chi connectivity index (χ4n) is 4.53. The number of benzene rings is 1. The monoisotopic (exact) mass is 509 g/mol. The van der Waals surface area contributed by atoms with Crippen LogP contribution in [-0.2, 0) is 0 Å². The first-order valence-electron chi connectivity index (χ1n) is 10.00. The molecule has 2 aliphatic heterocycles. The van der Waals surface area contributed by atoms with Gasteiger partial charge in [0, 0.05) is 29.3 Å². The molecule has 0 saturated carbocycles. The number of aromatic nitrogens is 3. The zero-order chi connectivity index (χ0) is 21.6. The summed E-state index contributed by atoms with van der Waals surface area (Å²) in [6, 6.07) is 7.49. The van der Waals surface area contributed by atoms with Gasteiger partial charge in [0.05, 0.1) is 10.9 Å². The highest BCUT2D eigenvalue weighted by Gasteiger charge is 2.49. The lowest BCUT2D eigenvalue weighted by atomic mass is 9.95. The van der Waals surface area contributed by atoms with E-state index in [1.165, 1.54) is 6.20 Å².